The summed E-state index contributed by atoms with van der Waals surface area (Å²) in [6.07, 6.45) is -1.08. The summed E-state index contributed by atoms with van der Waals surface area (Å²) in [5.41, 5.74) is -2.38. The van der Waals surface area contributed by atoms with Crippen LogP contribution in [-0.2, 0) is 19.1 Å². The number of fused-ring (bicyclic) bond motifs is 7. The van der Waals surface area contributed by atoms with Gasteiger partial charge in [0, 0.05) is 11.8 Å². The quantitative estimate of drug-likeness (QED) is 0.614. The molecule has 1 heterocycles. The number of allylic oxidation sites excluding steroid dienone is 1. The fraction of sp³-hybridized carbons (Fsp3) is 0.833. The van der Waals surface area contributed by atoms with E-state index < -0.39 is 46.6 Å². The van der Waals surface area contributed by atoms with Crippen molar-refractivity contribution < 1.29 is 33.0 Å². The predicted molar refractivity (Wildman–Crippen MR) is 112 cm³/mol. The molecule has 0 spiro atoms. The first-order valence-corrected chi connectivity index (χ1v) is 12.0. The largest absolute Gasteiger partial charge is 0.393 e. The fourth-order valence-corrected chi connectivity index (χ4v) is 8.90. The number of ether oxygens (including phenoxy) is 2. The van der Waals surface area contributed by atoms with E-state index in [0.29, 0.717) is 25.7 Å². The summed E-state index contributed by atoms with van der Waals surface area (Å²) in [6, 6.07) is 0. The lowest BCUT2D eigenvalue weighted by molar-refractivity contribution is -0.229. The highest BCUT2D eigenvalue weighted by atomic mass is 35.5. The number of halogens is 3. The highest BCUT2D eigenvalue weighted by Crippen LogP contribution is 2.71. The zero-order chi connectivity index (χ0) is 23.4. The summed E-state index contributed by atoms with van der Waals surface area (Å²) in [4.78, 5) is 25.2. The van der Waals surface area contributed by atoms with Crippen molar-refractivity contribution in [2.45, 2.75) is 95.2 Å². The summed E-state index contributed by atoms with van der Waals surface area (Å²) in [5, 5.41) is 11.1. The molecule has 5 aliphatic rings. The van der Waals surface area contributed by atoms with Gasteiger partial charge in [-0.25, -0.2) is 8.78 Å². The van der Waals surface area contributed by atoms with Crippen molar-refractivity contribution in [3.8, 4) is 0 Å². The molecule has 0 aromatic carbocycles. The maximum Gasteiger partial charge on any atom is 0.299 e. The Labute approximate surface area is 191 Å². The lowest BCUT2D eigenvalue weighted by atomic mass is 9.45. The first-order chi connectivity index (χ1) is 14.8. The molecule has 4 fully saturated rings. The molecule has 1 saturated heterocycles. The Morgan fingerprint density at radius 1 is 1.25 bits per heavy atom. The van der Waals surface area contributed by atoms with Crippen LogP contribution in [-0.4, -0.2) is 52.1 Å². The third-order valence-corrected chi connectivity index (χ3v) is 9.84. The molecule has 0 unspecified atom stereocenters. The van der Waals surface area contributed by atoms with E-state index in [9.17, 15) is 23.5 Å². The van der Waals surface area contributed by atoms with E-state index in [2.05, 4.69) is 6.92 Å². The number of hydrogen-bond acceptors (Lipinski definition) is 5. The van der Waals surface area contributed by atoms with E-state index in [-0.39, 0.29) is 35.3 Å². The molecule has 1 N–H and O–H groups in total. The number of alkyl halides is 3. The van der Waals surface area contributed by atoms with Gasteiger partial charge in [0.05, 0.1) is 17.6 Å². The Kier molecular flexibility index (Phi) is 4.89. The van der Waals surface area contributed by atoms with Crippen LogP contribution in [0.2, 0.25) is 0 Å². The second kappa shape index (κ2) is 6.83. The molecule has 0 bridgehead atoms. The van der Waals surface area contributed by atoms with Gasteiger partial charge in [-0.05, 0) is 74.3 Å². The molecule has 0 aromatic rings. The second-order valence-corrected chi connectivity index (χ2v) is 11.9. The zero-order valence-electron chi connectivity index (χ0n) is 18.9. The normalized spacial score (nSPS) is 51.5. The topological polar surface area (TPSA) is 72.8 Å². The monoisotopic (exact) mass is 472 g/mol. The Morgan fingerprint density at radius 3 is 2.59 bits per heavy atom. The van der Waals surface area contributed by atoms with E-state index in [0.717, 1.165) is 5.57 Å². The van der Waals surface area contributed by atoms with Crippen LogP contribution < -0.4 is 0 Å². The van der Waals surface area contributed by atoms with Gasteiger partial charge in [0.2, 0.25) is 5.78 Å². The van der Waals surface area contributed by atoms with Crippen LogP contribution in [0.3, 0.4) is 0 Å². The third kappa shape index (κ3) is 2.71. The van der Waals surface area contributed by atoms with E-state index >= 15 is 0 Å². The molecule has 0 aromatic heterocycles. The van der Waals surface area contributed by atoms with Crippen LogP contribution in [0.4, 0.5) is 8.78 Å². The van der Waals surface area contributed by atoms with Gasteiger partial charge < -0.3 is 14.6 Å². The lowest BCUT2D eigenvalue weighted by Gasteiger charge is -2.61. The molecular weight excluding hydrogens is 442 g/mol. The molecular formula is C24H31ClF2O5. The first kappa shape index (κ1) is 22.9. The van der Waals surface area contributed by atoms with Gasteiger partial charge in [-0.15, -0.1) is 11.6 Å². The van der Waals surface area contributed by atoms with Gasteiger partial charge in [0.1, 0.15) is 0 Å². The average Bonchev–Trinajstić information content (AvgIpc) is 3.08. The van der Waals surface area contributed by atoms with Crippen molar-refractivity contribution in [1.82, 2.24) is 0 Å². The molecule has 0 amide bonds. The minimum absolute atomic E-state index is 0.0534. The van der Waals surface area contributed by atoms with Gasteiger partial charge in [-0.2, -0.15) is 0 Å². The van der Waals surface area contributed by atoms with Gasteiger partial charge >= 0.3 is 0 Å². The minimum Gasteiger partial charge on any atom is -0.393 e. The summed E-state index contributed by atoms with van der Waals surface area (Å²) < 4.78 is 39.9. The third-order valence-electron chi connectivity index (χ3n) is 9.43. The van der Waals surface area contributed by atoms with Crippen molar-refractivity contribution in [2.24, 2.45) is 28.6 Å². The number of hydrogen-bond donors (Lipinski definition) is 1. The Morgan fingerprint density at radius 2 is 1.94 bits per heavy atom. The summed E-state index contributed by atoms with van der Waals surface area (Å²) >= 11 is 6.81. The molecule has 3 saturated carbocycles. The highest BCUT2D eigenvalue weighted by Gasteiger charge is 2.78. The van der Waals surface area contributed by atoms with Gasteiger partial charge in [-0.3, -0.25) is 9.59 Å². The highest BCUT2D eigenvalue weighted by molar-refractivity contribution is 6.23. The van der Waals surface area contributed by atoms with Crippen molar-refractivity contribution in [3.63, 3.8) is 0 Å². The lowest BCUT2D eigenvalue weighted by Crippen LogP contribution is -2.65. The van der Waals surface area contributed by atoms with Gasteiger partial charge in [0.15, 0.2) is 17.2 Å². The summed E-state index contributed by atoms with van der Waals surface area (Å²) in [5.74, 6) is -2.80. The Bertz CT molecular complexity index is 905. The number of rotatable bonds is 2. The summed E-state index contributed by atoms with van der Waals surface area (Å²) in [7, 11) is 0. The van der Waals surface area contributed by atoms with Crippen molar-refractivity contribution in [3.05, 3.63) is 11.6 Å². The molecule has 5 nitrogen and oxygen atoms in total. The van der Waals surface area contributed by atoms with E-state index in [1.807, 2.05) is 6.92 Å². The van der Waals surface area contributed by atoms with Gasteiger partial charge in [-0.1, -0.05) is 13.8 Å². The number of Topliss-reactive ketones (excluding diaryl/α,β-unsaturated/α-hetero) is 1. The van der Waals surface area contributed by atoms with Gasteiger partial charge in [0.25, 0.3) is 6.43 Å². The first-order valence-electron chi connectivity index (χ1n) is 11.5. The molecule has 8 heteroatoms. The van der Waals surface area contributed by atoms with Crippen LogP contribution in [0, 0.1) is 28.6 Å². The van der Waals surface area contributed by atoms with Crippen molar-refractivity contribution in [2.75, 3.05) is 0 Å². The van der Waals surface area contributed by atoms with E-state index in [1.54, 1.807) is 19.9 Å². The maximum atomic E-state index is 13.9. The van der Waals surface area contributed by atoms with E-state index in [4.69, 9.17) is 21.1 Å². The number of aliphatic hydroxyl groups is 1. The van der Waals surface area contributed by atoms with Crippen LogP contribution >= 0.6 is 11.6 Å². The van der Waals surface area contributed by atoms with Crippen LogP contribution in [0.1, 0.15) is 59.8 Å². The molecule has 9 atom stereocenters. The molecule has 32 heavy (non-hydrogen) atoms. The van der Waals surface area contributed by atoms with Crippen LogP contribution in [0.5, 0.6) is 0 Å². The standard InChI is InChI=1S/C24H31ClF2O5/c1-21(2)31-17-9-13-12-8-15(25)14-7-11(28)5-6-22(14,3)18(12)16(29)10-23(13,4)24(17,32-21)19(30)20(26)27/h7,12-13,15-18,20,29H,5-6,8-10H2,1-4H3/t12-,13-,15-,16-,17+,18+,22-,23-,24-/m0/s1. The summed E-state index contributed by atoms with van der Waals surface area (Å²) in [6.45, 7) is 7.15. The molecule has 1 aliphatic heterocycles. The molecule has 5 rings (SSSR count). The molecule has 178 valence electrons. The number of ketones is 2. The number of carbonyl (C=O) groups is 2. The zero-order valence-corrected chi connectivity index (χ0v) is 19.6. The number of carbonyl (C=O) groups excluding carboxylic acids is 2. The fourth-order valence-electron chi connectivity index (χ4n) is 8.39. The van der Waals surface area contributed by atoms with Crippen LogP contribution in [0.25, 0.3) is 0 Å². The Hall–Kier alpha value is -0.890. The molecule has 4 aliphatic carbocycles. The van der Waals surface area contributed by atoms with Crippen molar-refractivity contribution >= 4 is 23.2 Å². The second-order valence-electron chi connectivity index (χ2n) is 11.4. The average molecular weight is 473 g/mol. The smallest absolute Gasteiger partial charge is 0.299 e. The minimum atomic E-state index is -3.19. The van der Waals surface area contributed by atoms with Crippen molar-refractivity contribution in [1.29, 1.82) is 0 Å². The molecule has 0 radical (unpaired) electrons. The Balaban J connectivity index is 1.61. The maximum absolute atomic E-state index is 13.9. The van der Waals surface area contributed by atoms with Crippen LogP contribution in [0.15, 0.2) is 11.6 Å². The number of aliphatic hydroxyl groups excluding tert-OH is 1. The predicted octanol–water partition coefficient (Wildman–Crippen LogP) is 4.04. The van der Waals surface area contributed by atoms with E-state index in [1.165, 1.54) is 0 Å². The SMILES string of the molecule is CC1(C)O[C@@H]2C[C@H]3[C@@H]4C[C@H](Cl)C5=CC(=O)CC[C@]5(C)[C@H]4[C@@H](O)C[C@]3(C)[C@]2(C(=O)C(F)F)O1.